The molecular formula is C13H18N2O. The number of hydrogen-bond donors (Lipinski definition) is 1. The van der Waals surface area contributed by atoms with Gasteiger partial charge in [0, 0.05) is 12.2 Å². The Morgan fingerprint density at radius 2 is 2.12 bits per heavy atom. The molecule has 86 valence electrons. The fraction of sp³-hybridized carbons (Fsp3) is 0.462. The summed E-state index contributed by atoms with van der Waals surface area (Å²) in [6.45, 7) is 1.98. The van der Waals surface area contributed by atoms with Crippen molar-refractivity contribution in [2.45, 2.75) is 12.8 Å². The second-order valence-corrected chi connectivity index (χ2v) is 4.46. The molecule has 0 aliphatic carbocycles. The van der Waals surface area contributed by atoms with Crippen LogP contribution in [0, 0.1) is 5.92 Å². The lowest BCUT2D eigenvalue weighted by molar-refractivity contribution is -0.121. The van der Waals surface area contributed by atoms with Crippen LogP contribution < -0.4 is 5.32 Å². The van der Waals surface area contributed by atoms with Crippen LogP contribution in [0.15, 0.2) is 30.3 Å². The van der Waals surface area contributed by atoms with Gasteiger partial charge in [0.05, 0.1) is 5.92 Å². The molecule has 0 spiro atoms. The highest BCUT2D eigenvalue weighted by molar-refractivity contribution is 5.92. The Bertz CT molecular complexity index is 350. The maximum absolute atomic E-state index is 12.0. The van der Waals surface area contributed by atoms with Crippen molar-refractivity contribution in [3.8, 4) is 0 Å². The van der Waals surface area contributed by atoms with Crippen molar-refractivity contribution in [1.29, 1.82) is 0 Å². The molecule has 1 aromatic rings. The molecule has 0 saturated carbocycles. The van der Waals surface area contributed by atoms with Crippen LogP contribution in [-0.2, 0) is 4.79 Å². The molecule has 0 radical (unpaired) electrons. The average molecular weight is 218 g/mol. The van der Waals surface area contributed by atoms with Gasteiger partial charge in [-0.05, 0) is 38.6 Å². The van der Waals surface area contributed by atoms with Crippen molar-refractivity contribution in [2.75, 3.05) is 25.5 Å². The third-order valence-corrected chi connectivity index (χ3v) is 3.04. The fourth-order valence-electron chi connectivity index (χ4n) is 2.15. The van der Waals surface area contributed by atoms with E-state index in [9.17, 15) is 4.79 Å². The molecule has 0 aromatic heterocycles. The van der Waals surface area contributed by atoms with Crippen LogP contribution in [0.5, 0.6) is 0 Å². The Morgan fingerprint density at radius 1 is 1.38 bits per heavy atom. The van der Waals surface area contributed by atoms with Gasteiger partial charge in [0.25, 0.3) is 0 Å². The first-order valence-corrected chi connectivity index (χ1v) is 5.80. The van der Waals surface area contributed by atoms with E-state index in [1.54, 1.807) is 0 Å². The Hall–Kier alpha value is -1.35. The van der Waals surface area contributed by atoms with Crippen LogP contribution in [0.4, 0.5) is 5.69 Å². The van der Waals surface area contributed by atoms with Crippen molar-refractivity contribution in [2.24, 2.45) is 5.92 Å². The minimum atomic E-state index is 0.138. The van der Waals surface area contributed by atoms with Gasteiger partial charge in [-0.2, -0.15) is 0 Å². The molecule has 16 heavy (non-hydrogen) atoms. The van der Waals surface area contributed by atoms with Gasteiger partial charge >= 0.3 is 0 Å². The van der Waals surface area contributed by atoms with E-state index in [1.165, 1.54) is 0 Å². The highest BCUT2D eigenvalue weighted by Gasteiger charge is 2.23. The summed E-state index contributed by atoms with van der Waals surface area (Å²) in [5.41, 5.74) is 0.890. The molecule has 1 aromatic carbocycles. The van der Waals surface area contributed by atoms with Crippen molar-refractivity contribution >= 4 is 11.6 Å². The largest absolute Gasteiger partial charge is 0.326 e. The first-order valence-electron chi connectivity index (χ1n) is 5.80. The van der Waals surface area contributed by atoms with E-state index in [0.29, 0.717) is 0 Å². The van der Waals surface area contributed by atoms with E-state index in [1.807, 2.05) is 30.3 Å². The van der Waals surface area contributed by atoms with Crippen molar-refractivity contribution < 1.29 is 4.79 Å². The van der Waals surface area contributed by atoms with E-state index in [4.69, 9.17) is 0 Å². The number of hydrogen-bond acceptors (Lipinski definition) is 2. The van der Waals surface area contributed by atoms with Crippen molar-refractivity contribution in [3.63, 3.8) is 0 Å². The lowest BCUT2D eigenvalue weighted by Crippen LogP contribution is -2.38. The lowest BCUT2D eigenvalue weighted by Gasteiger charge is -2.28. The Labute approximate surface area is 96.5 Å². The number of carbonyl (C=O) groups is 1. The van der Waals surface area contributed by atoms with E-state index < -0.39 is 0 Å². The van der Waals surface area contributed by atoms with E-state index in [0.717, 1.165) is 31.6 Å². The van der Waals surface area contributed by atoms with Crippen LogP contribution in [0.3, 0.4) is 0 Å². The minimum Gasteiger partial charge on any atom is -0.326 e. The maximum atomic E-state index is 12.0. The molecule has 3 nitrogen and oxygen atoms in total. The molecule has 1 N–H and O–H groups in total. The fourth-order valence-corrected chi connectivity index (χ4v) is 2.15. The minimum absolute atomic E-state index is 0.138. The lowest BCUT2D eigenvalue weighted by atomic mass is 9.97. The zero-order chi connectivity index (χ0) is 11.4. The molecule has 1 saturated heterocycles. The second kappa shape index (κ2) is 5.12. The second-order valence-electron chi connectivity index (χ2n) is 4.46. The summed E-state index contributed by atoms with van der Waals surface area (Å²) in [7, 11) is 2.07. The number of rotatable bonds is 2. The van der Waals surface area contributed by atoms with Gasteiger partial charge in [-0.3, -0.25) is 4.79 Å². The number of piperidine rings is 1. The van der Waals surface area contributed by atoms with Crippen LogP contribution in [-0.4, -0.2) is 30.9 Å². The van der Waals surface area contributed by atoms with Crippen molar-refractivity contribution in [3.05, 3.63) is 30.3 Å². The van der Waals surface area contributed by atoms with Crippen LogP contribution in [0.2, 0.25) is 0 Å². The number of amides is 1. The van der Waals surface area contributed by atoms with Crippen LogP contribution in [0.25, 0.3) is 0 Å². The molecule has 1 atom stereocenters. The summed E-state index contributed by atoms with van der Waals surface area (Å²) in [6, 6.07) is 9.66. The number of nitrogens with one attached hydrogen (secondary N) is 1. The third kappa shape index (κ3) is 2.83. The predicted molar refractivity (Wildman–Crippen MR) is 65.3 cm³/mol. The van der Waals surface area contributed by atoms with E-state index in [2.05, 4.69) is 17.3 Å². The predicted octanol–water partition coefficient (Wildman–Crippen LogP) is 1.97. The molecule has 1 heterocycles. The van der Waals surface area contributed by atoms with E-state index in [-0.39, 0.29) is 11.8 Å². The monoisotopic (exact) mass is 218 g/mol. The molecule has 1 aliphatic rings. The molecule has 1 amide bonds. The quantitative estimate of drug-likeness (QED) is 0.823. The summed E-state index contributed by atoms with van der Waals surface area (Å²) in [4.78, 5) is 14.2. The van der Waals surface area contributed by atoms with Gasteiger partial charge in [0.1, 0.15) is 0 Å². The Kier molecular flexibility index (Phi) is 3.57. The highest BCUT2D eigenvalue weighted by Crippen LogP contribution is 2.17. The number of likely N-dealkylation sites (tertiary alicyclic amines) is 1. The van der Waals surface area contributed by atoms with Crippen LogP contribution in [0.1, 0.15) is 12.8 Å². The number of carbonyl (C=O) groups excluding carboxylic acids is 1. The first-order chi connectivity index (χ1) is 7.75. The summed E-state index contributed by atoms with van der Waals surface area (Å²) in [6.07, 6.45) is 2.12. The Balaban J connectivity index is 1.93. The van der Waals surface area contributed by atoms with Gasteiger partial charge in [0.2, 0.25) is 5.91 Å². The number of nitrogens with zero attached hydrogens (tertiary/aromatic N) is 1. The maximum Gasteiger partial charge on any atom is 0.228 e. The van der Waals surface area contributed by atoms with Crippen LogP contribution >= 0.6 is 0 Å². The molecule has 3 heteroatoms. The number of benzene rings is 1. The Morgan fingerprint density at radius 3 is 2.81 bits per heavy atom. The zero-order valence-corrected chi connectivity index (χ0v) is 9.65. The molecular weight excluding hydrogens is 200 g/mol. The standard InChI is InChI=1S/C13H18N2O/c1-15-9-5-6-11(10-15)13(16)14-12-7-3-2-4-8-12/h2-4,7-8,11H,5-6,9-10H2,1H3,(H,14,16). The normalized spacial score (nSPS) is 21.7. The van der Waals surface area contributed by atoms with Gasteiger partial charge < -0.3 is 10.2 Å². The van der Waals surface area contributed by atoms with Crippen molar-refractivity contribution in [1.82, 2.24) is 4.90 Å². The topological polar surface area (TPSA) is 32.3 Å². The SMILES string of the molecule is CN1CCCC(C(=O)Nc2ccccc2)C1. The van der Waals surface area contributed by atoms with Gasteiger partial charge in [-0.15, -0.1) is 0 Å². The summed E-state index contributed by atoms with van der Waals surface area (Å²) >= 11 is 0. The summed E-state index contributed by atoms with van der Waals surface area (Å²) in [5, 5.41) is 2.97. The van der Waals surface area contributed by atoms with Gasteiger partial charge in [0.15, 0.2) is 0 Å². The highest BCUT2D eigenvalue weighted by atomic mass is 16.1. The summed E-state index contributed by atoms with van der Waals surface area (Å²) < 4.78 is 0. The molecule has 2 rings (SSSR count). The molecule has 1 fully saturated rings. The number of anilines is 1. The third-order valence-electron chi connectivity index (χ3n) is 3.04. The van der Waals surface area contributed by atoms with Gasteiger partial charge in [-0.1, -0.05) is 18.2 Å². The molecule has 1 aliphatic heterocycles. The zero-order valence-electron chi connectivity index (χ0n) is 9.65. The smallest absolute Gasteiger partial charge is 0.228 e. The van der Waals surface area contributed by atoms with Gasteiger partial charge in [-0.25, -0.2) is 0 Å². The summed E-state index contributed by atoms with van der Waals surface area (Å²) in [5.74, 6) is 0.289. The average Bonchev–Trinajstić information content (AvgIpc) is 2.30. The number of para-hydroxylation sites is 1. The van der Waals surface area contributed by atoms with E-state index >= 15 is 0 Å². The molecule has 0 bridgehead atoms. The molecule has 1 unspecified atom stereocenters. The first kappa shape index (κ1) is 11.1.